The summed E-state index contributed by atoms with van der Waals surface area (Å²) in [5.41, 5.74) is -0.737. The van der Waals surface area contributed by atoms with Gasteiger partial charge in [0.1, 0.15) is 11.6 Å². The molecule has 0 aliphatic carbocycles. The first kappa shape index (κ1) is 14.4. The summed E-state index contributed by atoms with van der Waals surface area (Å²) in [5.74, 6) is -2.60. The van der Waals surface area contributed by atoms with Crippen LogP contribution in [0, 0.1) is 11.6 Å². The van der Waals surface area contributed by atoms with Gasteiger partial charge in [-0.3, -0.25) is 9.59 Å². The van der Waals surface area contributed by atoms with Crippen LogP contribution in [0.15, 0.2) is 48.5 Å². The topological polar surface area (TPSA) is 37.4 Å². The van der Waals surface area contributed by atoms with Crippen LogP contribution in [0.1, 0.15) is 18.9 Å². The molecular formula is C17H13F2NO2. The Morgan fingerprint density at radius 2 is 1.73 bits per heavy atom. The van der Waals surface area contributed by atoms with E-state index in [1.807, 2.05) is 0 Å². The van der Waals surface area contributed by atoms with Crippen LogP contribution in [0.25, 0.3) is 0 Å². The van der Waals surface area contributed by atoms with Crippen molar-refractivity contribution in [2.75, 3.05) is 4.90 Å². The Bertz CT molecular complexity index is 761. The summed E-state index contributed by atoms with van der Waals surface area (Å²) in [5, 5.41) is 0. The first-order chi connectivity index (χ1) is 10.4. The number of amides is 2. The molecule has 2 aromatic carbocycles. The summed E-state index contributed by atoms with van der Waals surface area (Å²) in [6.07, 6.45) is -0.0776. The van der Waals surface area contributed by atoms with Gasteiger partial charge in [-0.2, -0.15) is 0 Å². The molecule has 0 saturated carbocycles. The minimum absolute atomic E-state index is 0.0776. The van der Waals surface area contributed by atoms with Crippen LogP contribution in [0.3, 0.4) is 0 Å². The van der Waals surface area contributed by atoms with Crippen molar-refractivity contribution in [3.8, 4) is 0 Å². The van der Waals surface area contributed by atoms with Crippen molar-refractivity contribution in [3.05, 3.63) is 65.7 Å². The lowest BCUT2D eigenvalue weighted by Crippen LogP contribution is -2.37. The van der Waals surface area contributed by atoms with Crippen molar-refractivity contribution in [1.29, 1.82) is 0 Å². The zero-order valence-electron chi connectivity index (χ0n) is 11.8. The Labute approximate surface area is 126 Å². The van der Waals surface area contributed by atoms with Crippen LogP contribution < -0.4 is 4.90 Å². The maximum Gasteiger partial charge on any atom is 0.244 e. The molecule has 112 valence electrons. The number of carbonyl (C=O) groups excluding carboxylic acids is 2. The van der Waals surface area contributed by atoms with E-state index in [4.69, 9.17) is 0 Å². The highest BCUT2D eigenvalue weighted by atomic mass is 19.1. The number of rotatable bonds is 2. The average molecular weight is 301 g/mol. The van der Waals surface area contributed by atoms with Crippen molar-refractivity contribution in [3.63, 3.8) is 0 Å². The van der Waals surface area contributed by atoms with E-state index in [2.05, 4.69) is 0 Å². The molecule has 2 aromatic rings. The van der Waals surface area contributed by atoms with E-state index in [1.54, 1.807) is 37.3 Å². The van der Waals surface area contributed by atoms with E-state index in [0.717, 1.165) is 23.1 Å². The number of hydrogen-bond acceptors (Lipinski definition) is 2. The van der Waals surface area contributed by atoms with Gasteiger partial charge < -0.3 is 0 Å². The summed E-state index contributed by atoms with van der Waals surface area (Å²) in [6.45, 7) is 1.64. The third-order valence-corrected chi connectivity index (χ3v) is 3.99. The standard InChI is InChI=1S/C17H13F2NO2/c1-17(11-5-3-2-4-6-11)10-15(21)20(16(17)22)14-9-12(18)7-8-13(14)19/h2-9H,10H2,1H3/t17-/m0/s1. The number of hydrogen-bond donors (Lipinski definition) is 0. The Morgan fingerprint density at radius 3 is 2.41 bits per heavy atom. The monoisotopic (exact) mass is 301 g/mol. The highest BCUT2D eigenvalue weighted by Crippen LogP contribution is 2.39. The molecule has 1 heterocycles. The van der Waals surface area contributed by atoms with Gasteiger partial charge in [-0.15, -0.1) is 0 Å². The number of nitrogens with zero attached hydrogens (tertiary/aromatic N) is 1. The van der Waals surface area contributed by atoms with Gasteiger partial charge in [0, 0.05) is 12.5 Å². The first-order valence-corrected chi connectivity index (χ1v) is 6.81. The highest BCUT2D eigenvalue weighted by Gasteiger charge is 2.50. The third-order valence-electron chi connectivity index (χ3n) is 3.99. The largest absolute Gasteiger partial charge is 0.274 e. The molecule has 1 fully saturated rings. The molecule has 1 aliphatic heterocycles. The van der Waals surface area contributed by atoms with E-state index in [0.29, 0.717) is 5.56 Å². The molecule has 0 N–H and O–H groups in total. The lowest BCUT2D eigenvalue weighted by Gasteiger charge is -2.22. The van der Waals surface area contributed by atoms with Gasteiger partial charge in [-0.1, -0.05) is 30.3 Å². The molecule has 3 nitrogen and oxygen atoms in total. The van der Waals surface area contributed by atoms with Crippen LogP contribution in [0.4, 0.5) is 14.5 Å². The van der Waals surface area contributed by atoms with Gasteiger partial charge in [-0.05, 0) is 24.6 Å². The molecule has 22 heavy (non-hydrogen) atoms. The minimum Gasteiger partial charge on any atom is -0.274 e. The van der Waals surface area contributed by atoms with E-state index < -0.39 is 28.9 Å². The van der Waals surface area contributed by atoms with Gasteiger partial charge in [0.2, 0.25) is 11.8 Å². The normalized spacial score (nSPS) is 21.5. The number of imide groups is 1. The van der Waals surface area contributed by atoms with Crippen molar-refractivity contribution in [1.82, 2.24) is 0 Å². The van der Waals surface area contributed by atoms with E-state index in [-0.39, 0.29) is 12.1 Å². The molecule has 0 aromatic heterocycles. The van der Waals surface area contributed by atoms with Crippen molar-refractivity contribution >= 4 is 17.5 Å². The Balaban J connectivity index is 2.08. The van der Waals surface area contributed by atoms with Gasteiger partial charge in [-0.25, -0.2) is 13.7 Å². The Hall–Kier alpha value is -2.56. The molecule has 0 bridgehead atoms. The zero-order valence-corrected chi connectivity index (χ0v) is 11.8. The lowest BCUT2D eigenvalue weighted by atomic mass is 9.81. The smallest absolute Gasteiger partial charge is 0.244 e. The highest BCUT2D eigenvalue weighted by molar-refractivity contribution is 6.24. The molecule has 0 unspecified atom stereocenters. The summed E-state index contributed by atoms with van der Waals surface area (Å²) < 4.78 is 27.3. The number of carbonyl (C=O) groups is 2. The molecule has 3 rings (SSSR count). The van der Waals surface area contributed by atoms with Crippen molar-refractivity contribution < 1.29 is 18.4 Å². The molecule has 2 amide bonds. The first-order valence-electron chi connectivity index (χ1n) is 6.81. The fraction of sp³-hybridized carbons (Fsp3) is 0.176. The van der Waals surface area contributed by atoms with Crippen LogP contribution in [0.2, 0.25) is 0 Å². The fourth-order valence-electron chi connectivity index (χ4n) is 2.75. The maximum atomic E-state index is 13.9. The minimum atomic E-state index is -1.07. The van der Waals surface area contributed by atoms with Crippen LogP contribution >= 0.6 is 0 Å². The lowest BCUT2D eigenvalue weighted by molar-refractivity contribution is -0.122. The number of anilines is 1. The second kappa shape index (κ2) is 5.02. The average Bonchev–Trinajstić information content (AvgIpc) is 2.74. The maximum absolute atomic E-state index is 13.9. The van der Waals surface area contributed by atoms with Gasteiger partial charge in [0.15, 0.2) is 0 Å². The Morgan fingerprint density at radius 1 is 1.05 bits per heavy atom. The molecule has 5 heteroatoms. The fourth-order valence-corrected chi connectivity index (χ4v) is 2.75. The van der Waals surface area contributed by atoms with Crippen LogP contribution in [-0.4, -0.2) is 11.8 Å². The number of benzene rings is 2. The van der Waals surface area contributed by atoms with Gasteiger partial charge in [0.25, 0.3) is 0 Å². The van der Waals surface area contributed by atoms with Crippen LogP contribution in [0.5, 0.6) is 0 Å². The summed E-state index contributed by atoms with van der Waals surface area (Å²) in [4.78, 5) is 25.7. The quantitative estimate of drug-likeness (QED) is 0.799. The summed E-state index contributed by atoms with van der Waals surface area (Å²) in [6, 6.07) is 11.5. The van der Waals surface area contributed by atoms with Crippen LogP contribution in [-0.2, 0) is 15.0 Å². The van der Waals surface area contributed by atoms with E-state index in [9.17, 15) is 18.4 Å². The van der Waals surface area contributed by atoms with Crippen molar-refractivity contribution in [2.45, 2.75) is 18.8 Å². The second-order valence-corrected chi connectivity index (χ2v) is 5.50. The predicted molar refractivity (Wildman–Crippen MR) is 77.3 cm³/mol. The Kier molecular flexibility index (Phi) is 3.28. The summed E-state index contributed by atoms with van der Waals surface area (Å²) in [7, 11) is 0. The molecular weight excluding hydrogens is 288 g/mol. The molecule has 1 aliphatic rings. The van der Waals surface area contributed by atoms with Gasteiger partial charge in [0.05, 0.1) is 11.1 Å². The molecule has 1 saturated heterocycles. The molecule has 1 atom stereocenters. The molecule has 0 spiro atoms. The number of halogens is 2. The second-order valence-electron chi connectivity index (χ2n) is 5.50. The predicted octanol–water partition coefficient (Wildman–Crippen LogP) is 3.19. The summed E-state index contributed by atoms with van der Waals surface area (Å²) >= 11 is 0. The van der Waals surface area contributed by atoms with E-state index >= 15 is 0 Å². The zero-order chi connectivity index (χ0) is 15.9. The van der Waals surface area contributed by atoms with E-state index in [1.165, 1.54) is 0 Å². The molecule has 0 radical (unpaired) electrons. The SMILES string of the molecule is C[C@@]1(c2ccccc2)CC(=O)N(c2cc(F)ccc2F)C1=O. The van der Waals surface area contributed by atoms with Gasteiger partial charge >= 0.3 is 0 Å². The van der Waals surface area contributed by atoms with Crippen molar-refractivity contribution in [2.24, 2.45) is 0 Å². The third kappa shape index (κ3) is 2.09.